The number of halogens is 1. The average Bonchev–Trinajstić information content (AvgIpc) is 2.77. The van der Waals surface area contributed by atoms with E-state index in [1.54, 1.807) is 6.07 Å². The number of aliphatic carboxylic acids is 1. The van der Waals surface area contributed by atoms with Crippen molar-refractivity contribution in [2.24, 2.45) is 0 Å². The first-order chi connectivity index (χ1) is 15.0. The number of ether oxygens (including phenoxy) is 1. The molecule has 0 radical (unpaired) electrons. The van der Waals surface area contributed by atoms with Crippen molar-refractivity contribution in [2.45, 2.75) is 26.4 Å². The number of rotatable bonds is 7. The average molecular weight is 414 g/mol. The van der Waals surface area contributed by atoms with E-state index < -0.39 is 5.97 Å². The fraction of sp³-hybridized carbons (Fsp3) is 0.148. The first kappa shape index (κ1) is 20.6. The van der Waals surface area contributed by atoms with Gasteiger partial charge in [0.05, 0.1) is 6.42 Å². The van der Waals surface area contributed by atoms with Crippen molar-refractivity contribution in [3.63, 3.8) is 0 Å². The Morgan fingerprint density at radius 1 is 0.935 bits per heavy atom. The van der Waals surface area contributed by atoms with Crippen molar-refractivity contribution in [3.8, 4) is 5.75 Å². The highest BCUT2D eigenvalue weighted by molar-refractivity contribution is 5.89. The third-order valence-electron chi connectivity index (χ3n) is 5.50. The highest BCUT2D eigenvalue weighted by Crippen LogP contribution is 2.29. The largest absolute Gasteiger partial charge is 0.489 e. The molecule has 0 bridgehead atoms. The molecule has 0 atom stereocenters. The summed E-state index contributed by atoms with van der Waals surface area (Å²) in [4.78, 5) is 11.3. The highest BCUT2D eigenvalue weighted by Gasteiger charge is 2.14. The molecule has 0 unspecified atom stereocenters. The number of hydrogen-bond donors (Lipinski definition) is 1. The predicted molar refractivity (Wildman–Crippen MR) is 120 cm³/mol. The molecular formula is C27H23FO3. The van der Waals surface area contributed by atoms with Crippen LogP contribution in [0.3, 0.4) is 0 Å². The highest BCUT2D eigenvalue weighted by atomic mass is 19.1. The Kier molecular flexibility index (Phi) is 5.99. The Morgan fingerprint density at radius 2 is 1.68 bits per heavy atom. The normalized spacial score (nSPS) is 10.9. The van der Waals surface area contributed by atoms with Crippen LogP contribution >= 0.6 is 0 Å². The van der Waals surface area contributed by atoms with Gasteiger partial charge in [-0.25, -0.2) is 4.39 Å². The van der Waals surface area contributed by atoms with Gasteiger partial charge in [-0.2, -0.15) is 0 Å². The van der Waals surface area contributed by atoms with E-state index in [1.807, 2.05) is 67.6 Å². The van der Waals surface area contributed by atoms with E-state index in [2.05, 4.69) is 0 Å². The predicted octanol–water partition coefficient (Wildman–Crippen LogP) is 6.08. The summed E-state index contributed by atoms with van der Waals surface area (Å²) in [5.74, 6) is -0.404. The second-order valence-corrected chi connectivity index (χ2v) is 7.67. The molecule has 0 saturated carbocycles. The second-order valence-electron chi connectivity index (χ2n) is 7.67. The fourth-order valence-electron chi connectivity index (χ4n) is 3.83. The van der Waals surface area contributed by atoms with E-state index in [0.717, 1.165) is 44.3 Å². The summed E-state index contributed by atoms with van der Waals surface area (Å²) in [7, 11) is 0. The zero-order valence-electron chi connectivity index (χ0n) is 17.3. The molecule has 4 aromatic rings. The van der Waals surface area contributed by atoms with Crippen molar-refractivity contribution in [3.05, 3.63) is 112 Å². The van der Waals surface area contributed by atoms with Crippen LogP contribution in [0.5, 0.6) is 5.75 Å². The van der Waals surface area contributed by atoms with Gasteiger partial charge in [0, 0.05) is 0 Å². The van der Waals surface area contributed by atoms with Gasteiger partial charge in [-0.15, -0.1) is 0 Å². The fourth-order valence-corrected chi connectivity index (χ4v) is 3.83. The van der Waals surface area contributed by atoms with Gasteiger partial charge in [0.1, 0.15) is 18.2 Å². The van der Waals surface area contributed by atoms with Crippen LogP contribution in [-0.2, 0) is 24.2 Å². The smallest absolute Gasteiger partial charge is 0.307 e. The number of carboxylic acids is 1. The molecule has 0 amide bonds. The molecule has 0 fully saturated rings. The first-order valence-corrected chi connectivity index (χ1v) is 10.2. The summed E-state index contributed by atoms with van der Waals surface area (Å²) < 4.78 is 19.8. The number of benzene rings is 4. The topological polar surface area (TPSA) is 46.5 Å². The van der Waals surface area contributed by atoms with Gasteiger partial charge in [-0.3, -0.25) is 4.79 Å². The lowest BCUT2D eigenvalue weighted by Crippen LogP contribution is -2.05. The Hall–Kier alpha value is -3.66. The molecule has 1 N–H and O–H groups in total. The minimum atomic E-state index is -0.879. The minimum Gasteiger partial charge on any atom is -0.489 e. The molecule has 4 heteroatoms. The summed E-state index contributed by atoms with van der Waals surface area (Å²) >= 11 is 0. The number of carboxylic acid groups (broad SMARTS) is 1. The van der Waals surface area contributed by atoms with Gasteiger partial charge >= 0.3 is 5.97 Å². The lowest BCUT2D eigenvalue weighted by Gasteiger charge is -2.15. The molecule has 156 valence electrons. The molecule has 0 spiro atoms. The quantitative estimate of drug-likeness (QED) is 0.398. The van der Waals surface area contributed by atoms with E-state index in [9.17, 15) is 14.3 Å². The zero-order chi connectivity index (χ0) is 21.8. The van der Waals surface area contributed by atoms with Gasteiger partial charge in [0.25, 0.3) is 0 Å². The maximum atomic E-state index is 14.0. The number of carbonyl (C=O) groups is 1. The van der Waals surface area contributed by atoms with E-state index in [1.165, 1.54) is 12.1 Å². The van der Waals surface area contributed by atoms with Crippen LogP contribution in [0.1, 0.15) is 27.8 Å². The van der Waals surface area contributed by atoms with Gasteiger partial charge in [0.2, 0.25) is 0 Å². The van der Waals surface area contributed by atoms with Gasteiger partial charge in [-0.05, 0) is 76.2 Å². The molecule has 0 aromatic heterocycles. The van der Waals surface area contributed by atoms with Gasteiger partial charge in [-0.1, -0.05) is 54.6 Å². The molecule has 0 saturated heterocycles. The monoisotopic (exact) mass is 414 g/mol. The van der Waals surface area contributed by atoms with Crippen molar-refractivity contribution in [1.29, 1.82) is 0 Å². The van der Waals surface area contributed by atoms with Crippen LogP contribution in [0.2, 0.25) is 0 Å². The van der Waals surface area contributed by atoms with Crippen molar-refractivity contribution in [1.82, 2.24) is 0 Å². The molecule has 4 rings (SSSR count). The van der Waals surface area contributed by atoms with Crippen molar-refractivity contribution < 1.29 is 19.0 Å². The summed E-state index contributed by atoms with van der Waals surface area (Å²) in [6.07, 6.45) is 0.524. The van der Waals surface area contributed by atoms with Crippen molar-refractivity contribution >= 4 is 16.7 Å². The minimum absolute atomic E-state index is 0.0571. The standard InChI is InChI=1S/C27H23FO3/c1-18-22(15-27(29)30)14-21-9-10-23(28)16-26(21)25(18)13-19-7-11-24(12-8-19)31-17-20-5-3-2-4-6-20/h2-12,14,16H,13,15,17H2,1H3,(H,29,30). The lowest BCUT2D eigenvalue weighted by atomic mass is 9.90. The first-order valence-electron chi connectivity index (χ1n) is 10.2. The third-order valence-corrected chi connectivity index (χ3v) is 5.50. The third kappa shape index (κ3) is 4.92. The Labute approximate surface area is 180 Å². The van der Waals surface area contributed by atoms with Crippen LogP contribution in [0.15, 0.2) is 78.9 Å². The zero-order valence-corrected chi connectivity index (χ0v) is 17.3. The van der Waals surface area contributed by atoms with E-state index in [4.69, 9.17) is 4.74 Å². The Bertz CT molecular complexity index is 1210. The molecule has 0 aliphatic rings. The van der Waals surface area contributed by atoms with Crippen LogP contribution in [0.25, 0.3) is 10.8 Å². The molecule has 4 aromatic carbocycles. The summed E-state index contributed by atoms with van der Waals surface area (Å²) in [6.45, 7) is 2.41. The van der Waals surface area contributed by atoms with E-state index >= 15 is 0 Å². The molecule has 31 heavy (non-hydrogen) atoms. The van der Waals surface area contributed by atoms with E-state index in [-0.39, 0.29) is 12.2 Å². The Balaban J connectivity index is 1.60. The summed E-state index contributed by atoms with van der Waals surface area (Å²) in [5.41, 5.74) is 4.75. The molecule has 0 aliphatic carbocycles. The Morgan fingerprint density at radius 3 is 2.39 bits per heavy atom. The van der Waals surface area contributed by atoms with Crippen LogP contribution in [-0.4, -0.2) is 11.1 Å². The van der Waals surface area contributed by atoms with Gasteiger partial charge in [0.15, 0.2) is 0 Å². The molecule has 3 nitrogen and oxygen atoms in total. The van der Waals surface area contributed by atoms with Crippen LogP contribution in [0, 0.1) is 12.7 Å². The van der Waals surface area contributed by atoms with Crippen LogP contribution in [0.4, 0.5) is 4.39 Å². The lowest BCUT2D eigenvalue weighted by molar-refractivity contribution is -0.136. The maximum absolute atomic E-state index is 14.0. The van der Waals surface area contributed by atoms with Crippen molar-refractivity contribution in [2.75, 3.05) is 0 Å². The van der Waals surface area contributed by atoms with E-state index in [0.29, 0.717) is 13.0 Å². The number of fused-ring (bicyclic) bond motifs is 1. The van der Waals surface area contributed by atoms with Crippen LogP contribution < -0.4 is 4.74 Å². The van der Waals surface area contributed by atoms with Gasteiger partial charge < -0.3 is 9.84 Å². The molecular weight excluding hydrogens is 391 g/mol. The SMILES string of the molecule is Cc1c(CC(=O)O)cc2ccc(F)cc2c1Cc1ccc(OCc2ccccc2)cc1. The molecule has 0 aliphatic heterocycles. The summed E-state index contributed by atoms with van der Waals surface area (Å²) in [6, 6.07) is 24.3. The summed E-state index contributed by atoms with van der Waals surface area (Å²) in [5, 5.41) is 10.9. The molecule has 0 heterocycles. The maximum Gasteiger partial charge on any atom is 0.307 e. The second kappa shape index (κ2) is 9.00. The number of hydrogen-bond acceptors (Lipinski definition) is 2.